The predicted molar refractivity (Wildman–Crippen MR) is 64.3 cm³/mol. The van der Waals surface area contributed by atoms with E-state index in [1.807, 2.05) is 0 Å². The molecule has 0 spiro atoms. The maximum Gasteiger partial charge on any atom is 0.134 e. The van der Waals surface area contributed by atoms with Crippen LogP contribution < -0.4 is 5.32 Å². The van der Waals surface area contributed by atoms with Crippen LogP contribution in [0.5, 0.6) is 0 Å². The van der Waals surface area contributed by atoms with Crippen molar-refractivity contribution in [3.05, 3.63) is 17.5 Å². The van der Waals surface area contributed by atoms with Gasteiger partial charge in [-0.15, -0.1) is 0 Å². The Balaban J connectivity index is 2.34. The fourth-order valence-corrected chi connectivity index (χ4v) is 1.58. The molecule has 1 N–H and O–H groups in total. The Bertz CT molecular complexity index is 291. The molecule has 0 bridgehead atoms. The maximum absolute atomic E-state index is 5.76. The third kappa shape index (κ3) is 4.98. The lowest BCUT2D eigenvalue weighted by molar-refractivity contribution is 0.613. The number of nitrogens with one attached hydrogen (secondary N) is 1. The van der Waals surface area contributed by atoms with Crippen molar-refractivity contribution in [1.29, 1.82) is 0 Å². The van der Waals surface area contributed by atoms with E-state index in [-0.39, 0.29) is 0 Å². The molecule has 0 aliphatic rings. The van der Waals surface area contributed by atoms with Crippen LogP contribution in [0.15, 0.2) is 12.4 Å². The summed E-state index contributed by atoms with van der Waals surface area (Å²) in [6, 6.07) is 2.18. The molecule has 1 atom stereocenters. The molecule has 1 heterocycles. The van der Waals surface area contributed by atoms with Crippen molar-refractivity contribution in [3.63, 3.8) is 0 Å². The van der Waals surface area contributed by atoms with E-state index in [9.17, 15) is 0 Å². The summed E-state index contributed by atoms with van der Waals surface area (Å²) in [5, 5.41) is 3.79. The first-order valence-electron chi connectivity index (χ1n) is 5.46. The van der Waals surface area contributed by atoms with Gasteiger partial charge in [-0.3, -0.25) is 0 Å². The minimum atomic E-state index is 0.433. The maximum atomic E-state index is 5.76. The van der Waals surface area contributed by atoms with Crippen LogP contribution in [-0.4, -0.2) is 16.0 Å². The SMILES string of the molecule is CCCCCC(C)Nc1cc(Cl)ncn1. The second-order valence-corrected chi connectivity index (χ2v) is 4.15. The van der Waals surface area contributed by atoms with Crippen molar-refractivity contribution in [3.8, 4) is 0 Å². The molecule has 0 radical (unpaired) electrons. The van der Waals surface area contributed by atoms with Crippen LogP contribution in [0, 0.1) is 0 Å². The molecule has 4 heteroatoms. The Hall–Kier alpha value is -0.830. The summed E-state index contributed by atoms with van der Waals surface area (Å²) in [5.74, 6) is 0.805. The van der Waals surface area contributed by atoms with E-state index < -0.39 is 0 Å². The monoisotopic (exact) mass is 227 g/mol. The van der Waals surface area contributed by atoms with Gasteiger partial charge in [0, 0.05) is 12.1 Å². The minimum absolute atomic E-state index is 0.433. The number of anilines is 1. The third-order valence-corrected chi connectivity index (χ3v) is 2.48. The highest BCUT2D eigenvalue weighted by Crippen LogP contribution is 2.12. The molecule has 1 aromatic rings. The lowest BCUT2D eigenvalue weighted by Gasteiger charge is -2.13. The average Bonchev–Trinajstić information content (AvgIpc) is 2.18. The molecule has 84 valence electrons. The van der Waals surface area contributed by atoms with Crippen molar-refractivity contribution in [2.45, 2.75) is 45.6 Å². The Labute approximate surface area is 96.3 Å². The minimum Gasteiger partial charge on any atom is -0.367 e. The van der Waals surface area contributed by atoms with Crippen molar-refractivity contribution in [2.24, 2.45) is 0 Å². The molecular weight excluding hydrogens is 210 g/mol. The number of unbranched alkanes of at least 4 members (excludes halogenated alkanes) is 2. The first kappa shape index (κ1) is 12.2. The summed E-state index contributed by atoms with van der Waals surface area (Å²) in [5.41, 5.74) is 0. The lowest BCUT2D eigenvalue weighted by atomic mass is 10.1. The summed E-state index contributed by atoms with van der Waals surface area (Å²) in [6.45, 7) is 4.37. The summed E-state index contributed by atoms with van der Waals surface area (Å²) >= 11 is 5.76. The number of aromatic nitrogens is 2. The predicted octanol–water partition coefficient (Wildman–Crippen LogP) is 3.51. The van der Waals surface area contributed by atoms with Gasteiger partial charge in [-0.05, 0) is 13.3 Å². The van der Waals surface area contributed by atoms with Gasteiger partial charge in [0.15, 0.2) is 0 Å². The Morgan fingerprint density at radius 1 is 1.40 bits per heavy atom. The highest BCUT2D eigenvalue weighted by atomic mass is 35.5. The van der Waals surface area contributed by atoms with Gasteiger partial charge in [0.25, 0.3) is 0 Å². The van der Waals surface area contributed by atoms with Crippen molar-refractivity contribution in [1.82, 2.24) is 9.97 Å². The van der Waals surface area contributed by atoms with E-state index in [1.54, 1.807) is 6.07 Å². The van der Waals surface area contributed by atoms with E-state index in [4.69, 9.17) is 11.6 Å². The molecule has 0 fully saturated rings. The number of halogens is 1. The van der Waals surface area contributed by atoms with Crippen LogP contribution in [0.3, 0.4) is 0 Å². The molecule has 0 aromatic carbocycles. The molecule has 1 aromatic heterocycles. The molecule has 0 saturated heterocycles. The topological polar surface area (TPSA) is 37.8 Å². The van der Waals surface area contributed by atoms with Crippen molar-refractivity contribution < 1.29 is 0 Å². The van der Waals surface area contributed by atoms with Gasteiger partial charge in [-0.2, -0.15) is 0 Å². The van der Waals surface area contributed by atoms with Gasteiger partial charge in [-0.1, -0.05) is 37.8 Å². The van der Waals surface area contributed by atoms with Crippen LogP contribution >= 0.6 is 11.6 Å². The number of hydrogen-bond acceptors (Lipinski definition) is 3. The zero-order valence-corrected chi connectivity index (χ0v) is 10.1. The number of rotatable bonds is 6. The summed E-state index contributed by atoms with van der Waals surface area (Å²) < 4.78 is 0. The van der Waals surface area contributed by atoms with Crippen LogP contribution in [0.1, 0.15) is 39.5 Å². The van der Waals surface area contributed by atoms with E-state index in [1.165, 1.54) is 25.6 Å². The standard InChI is InChI=1S/C11H18ClN3/c1-3-4-5-6-9(2)15-11-7-10(12)13-8-14-11/h7-9H,3-6H2,1-2H3,(H,13,14,15). The highest BCUT2D eigenvalue weighted by Gasteiger charge is 2.02. The largest absolute Gasteiger partial charge is 0.367 e. The van der Waals surface area contributed by atoms with E-state index in [0.717, 1.165) is 12.2 Å². The second kappa shape index (κ2) is 6.62. The third-order valence-electron chi connectivity index (χ3n) is 2.27. The molecule has 1 unspecified atom stereocenters. The molecule has 3 nitrogen and oxygen atoms in total. The van der Waals surface area contributed by atoms with Gasteiger partial charge in [0.2, 0.25) is 0 Å². The lowest BCUT2D eigenvalue weighted by Crippen LogP contribution is -2.15. The summed E-state index contributed by atoms with van der Waals surface area (Å²) in [4.78, 5) is 7.94. The van der Waals surface area contributed by atoms with Gasteiger partial charge in [0.05, 0.1) is 0 Å². The van der Waals surface area contributed by atoms with Crippen LogP contribution in [-0.2, 0) is 0 Å². The first-order valence-corrected chi connectivity index (χ1v) is 5.84. The Kier molecular flexibility index (Phi) is 5.40. The molecule has 0 saturated carbocycles. The normalized spacial score (nSPS) is 12.5. The molecular formula is C11H18ClN3. The summed E-state index contributed by atoms with van der Waals surface area (Å²) in [6.07, 6.45) is 6.44. The van der Waals surface area contributed by atoms with Gasteiger partial charge in [-0.25, -0.2) is 9.97 Å². The average molecular weight is 228 g/mol. The highest BCUT2D eigenvalue weighted by molar-refractivity contribution is 6.29. The molecule has 0 amide bonds. The molecule has 0 aliphatic heterocycles. The van der Waals surface area contributed by atoms with Crippen molar-refractivity contribution in [2.75, 3.05) is 5.32 Å². The second-order valence-electron chi connectivity index (χ2n) is 3.77. The zero-order chi connectivity index (χ0) is 11.1. The van der Waals surface area contributed by atoms with Crippen LogP contribution in [0.2, 0.25) is 5.15 Å². The first-order chi connectivity index (χ1) is 7.22. The molecule has 0 aliphatic carbocycles. The van der Waals surface area contributed by atoms with Gasteiger partial charge < -0.3 is 5.32 Å². The fraction of sp³-hybridized carbons (Fsp3) is 0.636. The van der Waals surface area contributed by atoms with E-state index >= 15 is 0 Å². The van der Waals surface area contributed by atoms with E-state index in [2.05, 4.69) is 29.1 Å². The molecule has 1 rings (SSSR count). The summed E-state index contributed by atoms with van der Waals surface area (Å²) in [7, 11) is 0. The quantitative estimate of drug-likeness (QED) is 0.597. The zero-order valence-electron chi connectivity index (χ0n) is 9.33. The van der Waals surface area contributed by atoms with Crippen LogP contribution in [0.25, 0.3) is 0 Å². The fourth-order valence-electron chi connectivity index (χ4n) is 1.44. The molecule has 15 heavy (non-hydrogen) atoms. The van der Waals surface area contributed by atoms with Crippen molar-refractivity contribution >= 4 is 17.4 Å². The van der Waals surface area contributed by atoms with E-state index in [0.29, 0.717) is 11.2 Å². The Morgan fingerprint density at radius 3 is 2.87 bits per heavy atom. The number of nitrogens with zero attached hydrogens (tertiary/aromatic N) is 2. The smallest absolute Gasteiger partial charge is 0.134 e. The Morgan fingerprint density at radius 2 is 2.20 bits per heavy atom. The van der Waals surface area contributed by atoms with Gasteiger partial charge >= 0.3 is 0 Å². The number of hydrogen-bond donors (Lipinski definition) is 1. The van der Waals surface area contributed by atoms with Gasteiger partial charge in [0.1, 0.15) is 17.3 Å². The van der Waals surface area contributed by atoms with Crippen LogP contribution in [0.4, 0.5) is 5.82 Å².